The first-order valence-corrected chi connectivity index (χ1v) is 15.6. The quantitative estimate of drug-likeness (QED) is 0.108. The molecule has 0 spiro atoms. The second-order valence-electron chi connectivity index (χ2n) is 10.5. The molecule has 2 aromatic carbocycles. The van der Waals surface area contributed by atoms with E-state index in [2.05, 4.69) is 70.9 Å². The van der Waals surface area contributed by atoms with Gasteiger partial charge in [0.05, 0.1) is 0 Å². The van der Waals surface area contributed by atoms with Crippen molar-refractivity contribution < 1.29 is 0 Å². The molecule has 0 saturated carbocycles. The molecule has 3 rings (SSSR count). The van der Waals surface area contributed by atoms with Crippen LogP contribution in [-0.2, 0) is 6.42 Å². The zero-order valence-electron chi connectivity index (χ0n) is 21.8. The third-order valence-electron chi connectivity index (χ3n) is 7.44. The van der Waals surface area contributed by atoms with Gasteiger partial charge in [0.1, 0.15) is 0 Å². The Balaban J connectivity index is 1.15. The molecule has 1 N–H and O–H groups in total. The summed E-state index contributed by atoms with van der Waals surface area (Å²) in [5.41, 5.74) is 4.01. The molecule has 0 fully saturated rings. The smallest absolute Gasteiger partial charge is 0.0475 e. The number of fused-ring (bicyclic) bond motifs is 3. The van der Waals surface area contributed by atoms with Gasteiger partial charge in [-0.3, -0.25) is 0 Å². The van der Waals surface area contributed by atoms with Gasteiger partial charge in [0.25, 0.3) is 0 Å². The predicted octanol–water partition coefficient (Wildman–Crippen LogP) is 11.5. The van der Waals surface area contributed by atoms with Crippen LogP contribution >= 0.6 is 22.6 Å². The molecular weight excluding hydrogens is 525 g/mol. The van der Waals surface area contributed by atoms with E-state index in [9.17, 15) is 0 Å². The fourth-order valence-corrected chi connectivity index (χ4v) is 5.80. The van der Waals surface area contributed by atoms with E-state index in [-0.39, 0.29) is 0 Å². The highest BCUT2D eigenvalue weighted by molar-refractivity contribution is 14.1. The van der Waals surface area contributed by atoms with Gasteiger partial charge in [-0.1, -0.05) is 128 Å². The summed E-state index contributed by atoms with van der Waals surface area (Å²) >= 11 is 2.39. The summed E-state index contributed by atoms with van der Waals surface area (Å²) in [5.74, 6) is 0. The molecule has 0 amide bonds. The number of unbranched alkanes of at least 4 members (excludes halogenated alkanes) is 17. The van der Waals surface area contributed by atoms with Crippen molar-refractivity contribution in [2.45, 2.75) is 129 Å². The van der Waals surface area contributed by atoms with Crippen LogP contribution in [0, 0.1) is 3.57 Å². The van der Waals surface area contributed by atoms with E-state index in [4.69, 9.17) is 0 Å². The van der Waals surface area contributed by atoms with E-state index in [1.54, 1.807) is 0 Å². The van der Waals surface area contributed by atoms with Gasteiger partial charge in [0.15, 0.2) is 0 Å². The highest BCUT2D eigenvalue weighted by Gasteiger charge is 2.05. The molecule has 2 heteroatoms. The summed E-state index contributed by atoms with van der Waals surface area (Å²) in [7, 11) is 0. The van der Waals surface area contributed by atoms with Crippen LogP contribution < -0.4 is 0 Å². The Bertz CT molecular complexity index is 941. The van der Waals surface area contributed by atoms with Crippen LogP contribution in [-0.4, -0.2) is 4.98 Å². The standard InChI is InChI=1S/C32H48IN/c1-2-3-4-5-6-7-8-9-10-11-12-13-14-15-16-17-18-19-20-27-21-24-31-30(25-27)29-23-22-28(33)26-32(29)34-31/h21-26,34H,2-20H2,1H3. The summed E-state index contributed by atoms with van der Waals surface area (Å²) < 4.78 is 1.29. The van der Waals surface area contributed by atoms with E-state index in [0.29, 0.717) is 0 Å². The van der Waals surface area contributed by atoms with Crippen LogP contribution in [0.4, 0.5) is 0 Å². The topological polar surface area (TPSA) is 15.8 Å². The summed E-state index contributed by atoms with van der Waals surface area (Å²) in [6.45, 7) is 2.30. The minimum absolute atomic E-state index is 1.21. The summed E-state index contributed by atoms with van der Waals surface area (Å²) in [4.78, 5) is 3.57. The van der Waals surface area contributed by atoms with Crippen molar-refractivity contribution in [1.82, 2.24) is 4.98 Å². The molecule has 0 radical (unpaired) electrons. The van der Waals surface area contributed by atoms with Crippen molar-refractivity contribution in [2.75, 3.05) is 0 Å². The van der Waals surface area contributed by atoms with Gasteiger partial charge >= 0.3 is 0 Å². The van der Waals surface area contributed by atoms with Crippen molar-refractivity contribution in [3.05, 3.63) is 45.5 Å². The van der Waals surface area contributed by atoms with Gasteiger partial charge in [0.2, 0.25) is 0 Å². The Kier molecular flexibility index (Phi) is 13.5. The molecule has 0 aliphatic carbocycles. The van der Waals surface area contributed by atoms with Gasteiger partial charge in [-0.25, -0.2) is 0 Å². The Morgan fingerprint density at radius 3 is 1.62 bits per heavy atom. The first kappa shape index (κ1) is 27.6. The lowest BCUT2D eigenvalue weighted by atomic mass is 10.0. The Labute approximate surface area is 223 Å². The fraction of sp³-hybridized carbons (Fsp3) is 0.625. The SMILES string of the molecule is CCCCCCCCCCCCCCCCCCCCc1ccc2[nH]c3cc(I)ccc3c2c1. The molecule has 0 saturated heterocycles. The van der Waals surface area contributed by atoms with Gasteiger partial charge < -0.3 is 4.98 Å². The minimum Gasteiger partial charge on any atom is -0.354 e. The van der Waals surface area contributed by atoms with Crippen LogP contribution in [0.3, 0.4) is 0 Å². The lowest BCUT2D eigenvalue weighted by Crippen LogP contribution is -1.87. The molecule has 1 nitrogen and oxygen atoms in total. The first-order valence-electron chi connectivity index (χ1n) is 14.5. The predicted molar refractivity (Wildman–Crippen MR) is 161 cm³/mol. The Morgan fingerprint density at radius 1 is 0.529 bits per heavy atom. The molecule has 188 valence electrons. The Hall–Kier alpha value is -1.03. The molecule has 1 aromatic heterocycles. The minimum atomic E-state index is 1.21. The third-order valence-corrected chi connectivity index (χ3v) is 8.12. The van der Waals surface area contributed by atoms with Crippen LogP contribution in [0.15, 0.2) is 36.4 Å². The third kappa shape index (κ3) is 9.91. The molecule has 0 aliphatic rings. The highest BCUT2D eigenvalue weighted by Crippen LogP contribution is 2.28. The number of nitrogens with one attached hydrogen (secondary N) is 1. The van der Waals surface area contributed by atoms with Crippen LogP contribution in [0.1, 0.15) is 128 Å². The molecule has 1 heterocycles. The highest BCUT2D eigenvalue weighted by atomic mass is 127. The van der Waals surface area contributed by atoms with Crippen molar-refractivity contribution in [2.24, 2.45) is 0 Å². The van der Waals surface area contributed by atoms with E-state index >= 15 is 0 Å². The maximum atomic E-state index is 3.57. The number of halogens is 1. The number of rotatable bonds is 19. The number of hydrogen-bond donors (Lipinski definition) is 1. The number of benzene rings is 2. The summed E-state index contributed by atoms with van der Waals surface area (Å²) in [6.07, 6.45) is 27.1. The lowest BCUT2D eigenvalue weighted by molar-refractivity contribution is 0.525. The van der Waals surface area contributed by atoms with E-state index < -0.39 is 0 Å². The lowest BCUT2D eigenvalue weighted by Gasteiger charge is -2.04. The average Bonchev–Trinajstić information content (AvgIpc) is 3.20. The van der Waals surface area contributed by atoms with Crippen molar-refractivity contribution >= 4 is 44.4 Å². The second kappa shape index (κ2) is 16.6. The number of aromatic nitrogens is 1. The van der Waals surface area contributed by atoms with Crippen molar-refractivity contribution in [1.29, 1.82) is 0 Å². The van der Waals surface area contributed by atoms with Gasteiger partial charge in [0, 0.05) is 25.4 Å². The van der Waals surface area contributed by atoms with E-state index in [1.165, 1.54) is 153 Å². The van der Waals surface area contributed by atoms with Crippen LogP contribution in [0.25, 0.3) is 21.8 Å². The van der Waals surface area contributed by atoms with Crippen LogP contribution in [0.5, 0.6) is 0 Å². The van der Waals surface area contributed by atoms with Crippen molar-refractivity contribution in [3.8, 4) is 0 Å². The molecule has 0 bridgehead atoms. The van der Waals surface area contributed by atoms with E-state index in [0.717, 1.165) is 0 Å². The first-order chi connectivity index (χ1) is 16.8. The number of hydrogen-bond acceptors (Lipinski definition) is 0. The zero-order valence-corrected chi connectivity index (χ0v) is 23.9. The van der Waals surface area contributed by atoms with E-state index in [1.807, 2.05) is 0 Å². The average molecular weight is 574 g/mol. The molecule has 34 heavy (non-hydrogen) atoms. The molecule has 0 unspecified atom stereocenters. The number of aryl methyl sites for hydroxylation is 1. The monoisotopic (exact) mass is 573 g/mol. The van der Waals surface area contributed by atoms with Crippen LogP contribution in [0.2, 0.25) is 0 Å². The molecule has 0 aliphatic heterocycles. The maximum Gasteiger partial charge on any atom is 0.0475 e. The largest absolute Gasteiger partial charge is 0.354 e. The summed E-state index contributed by atoms with van der Waals surface area (Å²) in [5, 5.41) is 2.74. The van der Waals surface area contributed by atoms with Gasteiger partial charge in [-0.15, -0.1) is 0 Å². The summed E-state index contributed by atoms with van der Waals surface area (Å²) in [6, 6.07) is 13.7. The molecule has 0 atom stereocenters. The molecular formula is C32H48IN. The maximum absolute atomic E-state index is 3.57. The normalized spacial score (nSPS) is 11.7. The number of aromatic amines is 1. The number of H-pyrrole nitrogens is 1. The van der Waals surface area contributed by atoms with Crippen molar-refractivity contribution in [3.63, 3.8) is 0 Å². The van der Waals surface area contributed by atoms with Gasteiger partial charge in [-0.05, 0) is 65.3 Å². The molecule has 3 aromatic rings. The second-order valence-corrected chi connectivity index (χ2v) is 11.7. The van der Waals surface area contributed by atoms with Gasteiger partial charge in [-0.2, -0.15) is 0 Å². The Morgan fingerprint density at radius 2 is 1.06 bits per heavy atom. The zero-order chi connectivity index (χ0) is 23.8. The fourth-order valence-electron chi connectivity index (χ4n) is 5.31.